The molecule has 0 unspecified atom stereocenters. The van der Waals surface area contributed by atoms with E-state index in [1.165, 1.54) is 28.4 Å². The summed E-state index contributed by atoms with van der Waals surface area (Å²) >= 11 is 3.61. The normalized spacial score (nSPS) is 18.7. The Balaban J connectivity index is 2.44. The summed E-state index contributed by atoms with van der Waals surface area (Å²) in [5.74, 6) is 0. The highest BCUT2D eigenvalue weighted by Gasteiger charge is 2.43. The highest BCUT2D eigenvalue weighted by atomic mass is 79.9. The fraction of sp³-hybridized carbons (Fsp3) is 0.455. The molecule has 0 aromatic heterocycles. The highest BCUT2D eigenvalue weighted by Crippen LogP contribution is 2.47. The van der Waals surface area contributed by atoms with E-state index in [4.69, 9.17) is 0 Å². The van der Waals surface area contributed by atoms with E-state index in [0.29, 0.717) is 0 Å². The van der Waals surface area contributed by atoms with Gasteiger partial charge in [-0.25, -0.2) is 0 Å². The summed E-state index contributed by atoms with van der Waals surface area (Å²) in [7, 11) is 2.04. The van der Waals surface area contributed by atoms with Crippen molar-refractivity contribution in [2.24, 2.45) is 0 Å². The van der Waals surface area contributed by atoms with Gasteiger partial charge in [-0.15, -0.1) is 0 Å². The molecule has 1 aliphatic rings. The molecule has 1 fully saturated rings. The molecule has 1 N–H and O–H groups in total. The molecule has 0 spiro atoms. The van der Waals surface area contributed by atoms with Crippen LogP contribution in [0.15, 0.2) is 22.7 Å². The number of hydrogen-bond donors (Lipinski definition) is 1. The molecular weight excluding hydrogens is 226 g/mol. The molecule has 1 saturated carbocycles. The van der Waals surface area contributed by atoms with Gasteiger partial charge >= 0.3 is 0 Å². The number of aryl methyl sites for hydroxylation is 1. The van der Waals surface area contributed by atoms with Crippen molar-refractivity contribution in [3.63, 3.8) is 0 Å². The quantitative estimate of drug-likeness (QED) is 0.837. The van der Waals surface area contributed by atoms with Gasteiger partial charge in [-0.3, -0.25) is 0 Å². The Labute approximate surface area is 87.7 Å². The molecule has 2 heteroatoms. The van der Waals surface area contributed by atoms with Crippen molar-refractivity contribution in [1.82, 2.24) is 5.32 Å². The number of hydrogen-bond acceptors (Lipinski definition) is 1. The number of rotatable bonds is 2. The van der Waals surface area contributed by atoms with Gasteiger partial charge in [-0.1, -0.05) is 33.6 Å². The second-order valence-electron chi connectivity index (χ2n) is 3.82. The first-order valence-corrected chi connectivity index (χ1v) is 5.43. The van der Waals surface area contributed by atoms with Crippen molar-refractivity contribution in [3.8, 4) is 0 Å². The SMILES string of the molecule is CNC1(c2cc(C)ccc2Br)CC1. The lowest BCUT2D eigenvalue weighted by atomic mass is 10.0. The van der Waals surface area contributed by atoms with E-state index in [-0.39, 0.29) is 5.54 Å². The van der Waals surface area contributed by atoms with E-state index in [2.05, 4.69) is 46.4 Å². The molecule has 0 heterocycles. The minimum Gasteiger partial charge on any atom is -0.310 e. The van der Waals surface area contributed by atoms with E-state index in [9.17, 15) is 0 Å². The monoisotopic (exact) mass is 239 g/mol. The fourth-order valence-electron chi connectivity index (χ4n) is 1.78. The van der Waals surface area contributed by atoms with Gasteiger partial charge in [0.15, 0.2) is 0 Å². The van der Waals surface area contributed by atoms with Gasteiger partial charge in [-0.2, -0.15) is 0 Å². The van der Waals surface area contributed by atoms with Gasteiger partial charge in [0.1, 0.15) is 0 Å². The average molecular weight is 240 g/mol. The summed E-state index contributed by atoms with van der Waals surface area (Å²) in [4.78, 5) is 0. The Morgan fingerprint density at radius 3 is 2.62 bits per heavy atom. The van der Waals surface area contributed by atoms with E-state index in [1.807, 2.05) is 7.05 Å². The molecular formula is C11H14BrN. The molecule has 1 aliphatic carbocycles. The van der Waals surface area contributed by atoms with Crippen molar-refractivity contribution in [1.29, 1.82) is 0 Å². The third-order valence-corrected chi connectivity index (χ3v) is 3.56. The number of halogens is 1. The number of benzene rings is 1. The molecule has 0 radical (unpaired) electrons. The van der Waals surface area contributed by atoms with Crippen LogP contribution in [0.25, 0.3) is 0 Å². The summed E-state index contributed by atoms with van der Waals surface area (Å²) in [6.45, 7) is 2.14. The molecule has 0 saturated heterocycles. The van der Waals surface area contributed by atoms with E-state index in [0.717, 1.165) is 0 Å². The minimum absolute atomic E-state index is 0.269. The lowest BCUT2D eigenvalue weighted by molar-refractivity contribution is 0.582. The Bertz CT molecular complexity index is 329. The van der Waals surface area contributed by atoms with Gasteiger partial charge in [0.2, 0.25) is 0 Å². The topological polar surface area (TPSA) is 12.0 Å². The van der Waals surface area contributed by atoms with Gasteiger partial charge in [0.05, 0.1) is 0 Å². The molecule has 0 atom stereocenters. The summed E-state index contributed by atoms with van der Waals surface area (Å²) in [6.07, 6.45) is 2.51. The zero-order chi connectivity index (χ0) is 9.47. The molecule has 0 aliphatic heterocycles. The van der Waals surface area contributed by atoms with Crippen LogP contribution in [-0.4, -0.2) is 7.05 Å². The van der Waals surface area contributed by atoms with Gasteiger partial charge in [0, 0.05) is 10.0 Å². The predicted octanol–water partition coefficient (Wildman–Crippen LogP) is 2.97. The van der Waals surface area contributed by atoms with Crippen molar-refractivity contribution < 1.29 is 0 Å². The van der Waals surface area contributed by atoms with Crippen LogP contribution >= 0.6 is 15.9 Å². The lowest BCUT2D eigenvalue weighted by Crippen LogP contribution is -2.24. The van der Waals surface area contributed by atoms with Crippen LogP contribution in [0.4, 0.5) is 0 Å². The first-order chi connectivity index (χ1) is 6.18. The largest absolute Gasteiger partial charge is 0.310 e. The smallest absolute Gasteiger partial charge is 0.0445 e. The third-order valence-electron chi connectivity index (χ3n) is 2.87. The standard InChI is InChI=1S/C11H14BrN/c1-8-3-4-10(12)9(7-8)11(13-2)5-6-11/h3-4,7,13H,5-6H2,1-2H3. The van der Waals surface area contributed by atoms with Crippen molar-refractivity contribution in [3.05, 3.63) is 33.8 Å². The maximum Gasteiger partial charge on any atom is 0.0445 e. The molecule has 1 aromatic rings. The fourth-order valence-corrected chi connectivity index (χ4v) is 2.41. The Hall–Kier alpha value is -0.340. The molecule has 13 heavy (non-hydrogen) atoms. The summed E-state index contributed by atoms with van der Waals surface area (Å²) in [5.41, 5.74) is 3.01. The first-order valence-electron chi connectivity index (χ1n) is 4.63. The average Bonchev–Trinajstić information content (AvgIpc) is 2.90. The maximum absolute atomic E-state index is 3.61. The van der Waals surface area contributed by atoms with E-state index < -0.39 is 0 Å². The molecule has 1 aromatic carbocycles. The van der Waals surface area contributed by atoms with Gasteiger partial charge in [0.25, 0.3) is 0 Å². The van der Waals surface area contributed by atoms with Gasteiger partial charge in [-0.05, 0) is 38.4 Å². The Kier molecular flexibility index (Phi) is 2.20. The molecule has 0 amide bonds. The van der Waals surface area contributed by atoms with Crippen molar-refractivity contribution >= 4 is 15.9 Å². The molecule has 70 valence electrons. The third kappa shape index (κ3) is 1.53. The molecule has 1 nitrogen and oxygen atoms in total. The first kappa shape index (κ1) is 9.22. The minimum atomic E-state index is 0.269. The van der Waals surface area contributed by atoms with E-state index >= 15 is 0 Å². The van der Waals surface area contributed by atoms with Crippen LogP contribution in [-0.2, 0) is 5.54 Å². The molecule has 0 bridgehead atoms. The highest BCUT2D eigenvalue weighted by molar-refractivity contribution is 9.10. The maximum atomic E-state index is 3.61. The van der Waals surface area contributed by atoms with Crippen molar-refractivity contribution in [2.75, 3.05) is 7.05 Å². The lowest BCUT2D eigenvalue weighted by Gasteiger charge is -2.16. The summed E-state index contributed by atoms with van der Waals surface area (Å²) in [6, 6.07) is 6.55. The van der Waals surface area contributed by atoms with E-state index in [1.54, 1.807) is 0 Å². The van der Waals surface area contributed by atoms with Crippen LogP contribution < -0.4 is 5.32 Å². The van der Waals surface area contributed by atoms with Crippen LogP contribution in [0.5, 0.6) is 0 Å². The van der Waals surface area contributed by atoms with Crippen LogP contribution in [0.3, 0.4) is 0 Å². The van der Waals surface area contributed by atoms with Crippen LogP contribution in [0.2, 0.25) is 0 Å². The van der Waals surface area contributed by atoms with Crippen LogP contribution in [0, 0.1) is 6.92 Å². The van der Waals surface area contributed by atoms with Crippen molar-refractivity contribution in [2.45, 2.75) is 25.3 Å². The predicted molar refractivity (Wildman–Crippen MR) is 58.9 cm³/mol. The Morgan fingerprint density at radius 2 is 2.08 bits per heavy atom. The van der Waals surface area contributed by atoms with Crippen LogP contribution in [0.1, 0.15) is 24.0 Å². The summed E-state index contributed by atoms with van der Waals surface area (Å²) < 4.78 is 1.23. The Morgan fingerprint density at radius 1 is 1.38 bits per heavy atom. The van der Waals surface area contributed by atoms with Gasteiger partial charge < -0.3 is 5.32 Å². The second-order valence-corrected chi connectivity index (χ2v) is 4.67. The second kappa shape index (κ2) is 3.10. The zero-order valence-corrected chi connectivity index (χ0v) is 9.61. The zero-order valence-electron chi connectivity index (χ0n) is 8.02. The summed E-state index contributed by atoms with van der Waals surface area (Å²) in [5, 5.41) is 3.41. The number of nitrogens with one attached hydrogen (secondary N) is 1. The molecule has 2 rings (SSSR count).